The molecule has 24 nitrogen and oxygen atoms in total. The van der Waals surface area contributed by atoms with Crippen LogP contribution >= 0.6 is 0 Å². The van der Waals surface area contributed by atoms with Crippen LogP contribution in [0, 0.1) is 11.7 Å². The monoisotopic (exact) mass is 1060 g/mol. The summed E-state index contributed by atoms with van der Waals surface area (Å²) in [4.78, 5) is 82.1. The maximum Gasteiger partial charge on any atom is 0.343 e. The van der Waals surface area contributed by atoms with E-state index in [1.54, 1.807) is 32.9 Å². The van der Waals surface area contributed by atoms with E-state index in [4.69, 9.17) is 53.1 Å². The van der Waals surface area contributed by atoms with E-state index in [2.05, 4.69) is 26.3 Å². The number of cyclic esters (lactones) is 1. The van der Waals surface area contributed by atoms with Crippen molar-refractivity contribution in [2.45, 2.75) is 65.0 Å². The van der Waals surface area contributed by atoms with Crippen molar-refractivity contribution >= 4 is 46.2 Å². The third-order valence-electron chi connectivity index (χ3n) is 11.8. The molecular formula is C50H72FN7O17. The molecule has 0 saturated heterocycles. The summed E-state index contributed by atoms with van der Waals surface area (Å²) >= 11 is 0. The average molecular weight is 1060 g/mol. The number of esters is 1. The second-order valence-corrected chi connectivity index (χ2v) is 17.7. The fourth-order valence-electron chi connectivity index (χ4n) is 7.74. The van der Waals surface area contributed by atoms with E-state index in [1.165, 1.54) is 17.6 Å². The number of carbonyl (C=O) groups excluding carboxylic acids is 5. The third-order valence-corrected chi connectivity index (χ3v) is 11.8. The molecule has 0 aliphatic carbocycles. The minimum Gasteiger partial charge on any atom is -0.458 e. The molecular weight excluding hydrogens is 990 g/mol. The average Bonchev–Trinajstić information content (AvgIpc) is 3.75. The van der Waals surface area contributed by atoms with Gasteiger partial charge in [0.15, 0.2) is 5.60 Å². The topological polar surface area (TPSA) is 307 Å². The number of fused-ring (bicyclic) bond motifs is 5. The molecule has 0 radical (unpaired) electrons. The number of pyridine rings is 2. The van der Waals surface area contributed by atoms with Crippen molar-refractivity contribution in [3.63, 3.8) is 0 Å². The Morgan fingerprint density at radius 1 is 0.747 bits per heavy atom. The molecule has 2 aliphatic rings. The fourth-order valence-corrected chi connectivity index (χ4v) is 7.74. The van der Waals surface area contributed by atoms with Crippen LogP contribution in [0.1, 0.15) is 50.8 Å². The van der Waals surface area contributed by atoms with E-state index in [9.17, 15) is 33.9 Å². The Balaban J connectivity index is 0.891. The Morgan fingerprint density at radius 3 is 1.84 bits per heavy atom. The number of ether oxygens (including phenoxy) is 10. The van der Waals surface area contributed by atoms with Crippen molar-refractivity contribution < 1.29 is 80.8 Å². The molecule has 7 N–H and O–H groups in total. The summed E-state index contributed by atoms with van der Waals surface area (Å²) in [6, 6.07) is 3.52. The van der Waals surface area contributed by atoms with Crippen LogP contribution in [0.2, 0.25) is 0 Å². The Bertz CT molecular complexity index is 2430. The molecule has 0 spiro atoms. The van der Waals surface area contributed by atoms with E-state index >= 15 is 4.39 Å². The maximum absolute atomic E-state index is 15.5. The van der Waals surface area contributed by atoms with Crippen molar-refractivity contribution in [1.29, 1.82) is 0 Å². The van der Waals surface area contributed by atoms with Crippen LogP contribution in [0.4, 0.5) is 10.1 Å². The van der Waals surface area contributed by atoms with Gasteiger partial charge in [-0.2, -0.15) is 0 Å². The van der Waals surface area contributed by atoms with Gasteiger partial charge < -0.3 is 84.0 Å². The zero-order valence-corrected chi connectivity index (χ0v) is 43.1. The molecule has 2 aromatic heterocycles. The number of nitrogens with zero attached hydrogens (tertiary/aromatic N) is 2. The molecule has 0 saturated carbocycles. The Morgan fingerprint density at radius 2 is 1.29 bits per heavy atom. The number of anilines is 1. The molecule has 0 fully saturated rings. The highest BCUT2D eigenvalue weighted by Crippen LogP contribution is 2.39. The molecule has 416 valence electrons. The summed E-state index contributed by atoms with van der Waals surface area (Å²) in [5.41, 5.74) is 4.59. The zero-order valence-electron chi connectivity index (χ0n) is 43.1. The Kier molecular flexibility index (Phi) is 25.3. The van der Waals surface area contributed by atoms with Gasteiger partial charge in [0.25, 0.3) is 5.56 Å². The highest BCUT2D eigenvalue weighted by Gasteiger charge is 2.45. The first kappa shape index (κ1) is 60.3. The number of hydrogen-bond acceptors (Lipinski definition) is 19. The lowest BCUT2D eigenvalue weighted by Crippen LogP contribution is -2.54. The number of nitrogens with one attached hydrogen (secondary N) is 4. The molecule has 3 aromatic rings. The summed E-state index contributed by atoms with van der Waals surface area (Å²) in [5.74, 6) is -4.68. The van der Waals surface area contributed by atoms with Gasteiger partial charge in [0.05, 0.1) is 140 Å². The maximum atomic E-state index is 15.5. The minimum atomic E-state index is -2.00. The first-order valence-electron chi connectivity index (χ1n) is 25.1. The van der Waals surface area contributed by atoms with Gasteiger partial charge in [-0.3, -0.25) is 24.0 Å². The number of carbonyl (C=O) groups is 5. The van der Waals surface area contributed by atoms with Crippen molar-refractivity contribution in [3.8, 4) is 11.4 Å². The highest BCUT2D eigenvalue weighted by atomic mass is 19.1. The second-order valence-electron chi connectivity index (χ2n) is 17.7. The predicted octanol–water partition coefficient (Wildman–Crippen LogP) is 0.0270. The number of aromatic nitrogens is 2. The number of rotatable bonds is 37. The number of halogens is 1. The van der Waals surface area contributed by atoms with E-state index in [0.29, 0.717) is 128 Å². The van der Waals surface area contributed by atoms with Gasteiger partial charge in [-0.15, -0.1) is 0 Å². The molecule has 5 rings (SSSR count). The van der Waals surface area contributed by atoms with Crippen LogP contribution in [-0.2, 0) is 90.1 Å². The van der Waals surface area contributed by atoms with Gasteiger partial charge in [-0.25, -0.2) is 14.2 Å². The van der Waals surface area contributed by atoms with Crippen LogP contribution in [0.15, 0.2) is 29.1 Å². The second kappa shape index (κ2) is 31.5. The zero-order chi connectivity index (χ0) is 54.2. The number of hydrogen-bond donors (Lipinski definition) is 6. The molecule has 3 atom stereocenters. The number of aliphatic hydroxyl groups is 1. The molecule has 4 heterocycles. The molecule has 1 aromatic carbocycles. The molecule has 75 heavy (non-hydrogen) atoms. The predicted molar refractivity (Wildman–Crippen MR) is 267 cm³/mol. The third kappa shape index (κ3) is 18.3. The lowest BCUT2D eigenvalue weighted by Gasteiger charge is -2.31. The molecule has 0 bridgehead atoms. The molecule has 2 aliphatic heterocycles. The van der Waals surface area contributed by atoms with Crippen molar-refractivity contribution in [3.05, 3.63) is 57.1 Å². The van der Waals surface area contributed by atoms with Gasteiger partial charge >= 0.3 is 5.97 Å². The Labute approximate surface area is 434 Å². The van der Waals surface area contributed by atoms with E-state index in [0.717, 1.165) is 6.07 Å². The SMILES string of the molecule is CC[C@@]1(O)C(=O)OCc2c1cc1n(c2=O)Cc2cc3cc(NC(=O)[C@H](C)NC(=O)[C@@H](NC(=O)COCC(=O)NCCOCCOCCOCCOCCOCCOCCOCCOCCN)C(C)C)c(F)cc3nc2-1. The quantitative estimate of drug-likeness (QED) is 0.0256. The smallest absolute Gasteiger partial charge is 0.343 e. The van der Waals surface area contributed by atoms with E-state index in [1.807, 2.05) is 0 Å². The van der Waals surface area contributed by atoms with Gasteiger partial charge in [-0.05, 0) is 37.5 Å². The van der Waals surface area contributed by atoms with Crippen LogP contribution in [-0.4, -0.2) is 188 Å². The van der Waals surface area contributed by atoms with Crippen molar-refractivity contribution in [1.82, 2.24) is 25.5 Å². The Hall–Kier alpha value is -5.58. The van der Waals surface area contributed by atoms with Crippen LogP contribution in [0.3, 0.4) is 0 Å². The van der Waals surface area contributed by atoms with Crippen LogP contribution in [0.25, 0.3) is 22.3 Å². The lowest BCUT2D eigenvalue weighted by molar-refractivity contribution is -0.172. The minimum absolute atomic E-state index is 0.0192. The standard InChI is InChI=1S/C50H72FN7O17/c1-5-50(65)37-26-41-45-35(28-58(41)48(63)36(37)29-75-49(50)64)24-34-25-40(38(51)27-39(34)55-45)56-46(61)33(4)54-47(62)44(32(2)3)57-43(60)31-74-30-42(59)53-7-9-67-11-13-69-15-17-71-19-21-73-23-22-72-20-18-70-16-14-68-12-10-66-8-6-52/h24-27,32-33,44,65H,5-23,28-31,52H2,1-4H3,(H,53,59)(H,54,62)(H,56,61)(H,57,60)/t33-,44-,50-/m0/s1. The van der Waals surface area contributed by atoms with Crippen molar-refractivity contribution in [2.75, 3.05) is 137 Å². The normalized spacial score (nSPS) is 15.5. The highest BCUT2D eigenvalue weighted by molar-refractivity contribution is 6.00. The summed E-state index contributed by atoms with van der Waals surface area (Å²) in [7, 11) is 0. The molecule has 25 heteroatoms. The first-order chi connectivity index (χ1) is 36.2. The van der Waals surface area contributed by atoms with Gasteiger partial charge in [0.1, 0.15) is 37.7 Å². The lowest BCUT2D eigenvalue weighted by atomic mass is 9.86. The number of amides is 4. The van der Waals surface area contributed by atoms with Gasteiger partial charge in [0.2, 0.25) is 23.6 Å². The number of benzene rings is 1. The summed E-state index contributed by atoms with van der Waals surface area (Å²) in [6.07, 6.45) is -0.0192. The molecule has 0 unspecified atom stereocenters. The number of nitrogens with two attached hydrogens (primary N) is 1. The van der Waals surface area contributed by atoms with E-state index in [-0.39, 0.29) is 55.1 Å². The fraction of sp³-hybridized carbons (Fsp3) is 0.620. The summed E-state index contributed by atoms with van der Waals surface area (Å²) in [6.45, 7) is 12.8. The van der Waals surface area contributed by atoms with Crippen molar-refractivity contribution in [2.24, 2.45) is 11.7 Å². The van der Waals surface area contributed by atoms with Gasteiger partial charge in [0, 0.05) is 35.7 Å². The van der Waals surface area contributed by atoms with Gasteiger partial charge in [-0.1, -0.05) is 20.8 Å². The van der Waals surface area contributed by atoms with E-state index < -0.39 is 77.8 Å². The first-order valence-corrected chi connectivity index (χ1v) is 25.1. The van der Waals surface area contributed by atoms with Crippen LogP contribution in [0.5, 0.6) is 0 Å². The summed E-state index contributed by atoms with van der Waals surface area (Å²) < 4.78 is 70.7. The largest absolute Gasteiger partial charge is 0.458 e. The summed E-state index contributed by atoms with van der Waals surface area (Å²) in [5, 5.41) is 21.8. The van der Waals surface area contributed by atoms with Crippen LogP contribution < -0.4 is 32.6 Å². The molecule has 4 amide bonds.